The topological polar surface area (TPSA) is 75.3 Å². The zero-order valence-electron chi connectivity index (χ0n) is 13.1. The van der Waals surface area contributed by atoms with E-state index < -0.39 is 11.6 Å². The molecule has 22 heavy (non-hydrogen) atoms. The number of halogens is 1. The van der Waals surface area contributed by atoms with Crippen molar-refractivity contribution in [3.05, 3.63) is 35.9 Å². The van der Waals surface area contributed by atoms with Gasteiger partial charge in [-0.05, 0) is 31.7 Å². The number of benzene rings is 1. The van der Waals surface area contributed by atoms with Crippen molar-refractivity contribution in [2.45, 2.75) is 56.6 Å². The Bertz CT molecular complexity index is 459. The van der Waals surface area contributed by atoms with Gasteiger partial charge in [0.1, 0.15) is 0 Å². The van der Waals surface area contributed by atoms with Crippen molar-refractivity contribution in [1.82, 2.24) is 5.32 Å². The summed E-state index contributed by atoms with van der Waals surface area (Å²) >= 11 is 0. The lowest BCUT2D eigenvalue weighted by molar-refractivity contribution is -0.126. The first-order valence-electron chi connectivity index (χ1n) is 7.81. The van der Waals surface area contributed by atoms with E-state index in [0.717, 1.165) is 31.2 Å². The van der Waals surface area contributed by atoms with Gasteiger partial charge in [-0.15, -0.1) is 12.4 Å². The molecule has 0 aromatic heterocycles. The van der Waals surface area contributed by atoms with E-state index in [1.165, 1.54) is 0 Å². The van der Waals surface area contributed by atoms with Crippen LogP contribution in [0.4, 0.5) is 0 Å². The van der Waals surface area contributed by atoms with Crippen LogP contribution in [0.25, 0.3) is 0 Å². The quantitative estimate of drug-likeness (QED) is 0.751. The summed E-state index contributed by atoms with van der Waals surface area (Å²) in [6.45, 7) is 2.30. The van der Waals surface area contributed by atoms with Crippen molar-refractivity contribution in [2.24, 2.45) is 5.73 Å². The van der Waals surface area contributed by atoms with Crippen LogP contribution in [-0.2, 0) is 4.79 Å². The number of rotatable bonds is 6. The number of aliphatic hydroxyl groups is 1. The highest BCUT2D eigenvalue weighted by atomic mass is 35.5. The second kappa shape index (κ2) is 8.51. The van der Waals surface area contributed by atoms with Gasteiger partial charge in [-0.1, -0.05) is 43.2 Å². The second-order valence-corrected chi connectivity index (χ2v) is 6.27. The summed E-state index contributed by atoms with van der Waals surface area (Å²) in [7, 11) is 0. The molecule has 0 spiro atoms. The summed E-state index contributed by atoms with van der Waals surface area (Å²) < 4.78 is 0. The first-order valence-corrected chi connectivity index (χ1v) is 7.81. The van der Waals surface area contributed by atoms with Gasteiger partial charge in [-0.3, -0.25) is 4.79 Å². The first kappa shape index (κ1) is 18.9. The van der Waals surface area contributed by atoms with Gasteiger partial charge in [0.15, 0.2) is 0 Å². The highest BCUT2D eigenvalue weighted by Crippen LogP contribution is 2.28. The second-order valence-electron chi connectivity index (χ2n) is 6.27. The smallest absolute Gasteiger partial charge is 0.240 e. The summed E-state index contributed by atoms with van der Waals surface area (Å²) in [6.07, 6.45) is 3.82. The maximum absolute atomic E-state index is 12.3. The van der Waals surface area contributed by atoms with Crippen molar-refractivity contribution in [3.63, 3.8) is 0 Å². The molecule has 1 aliphatic carbocycles. The Labute approximate surface area is 138 Å². The normalized spacial score (nSPS) is 19.0. The Morgan fingerprint density at radius 3 is 2.45 bits per heavy atom. The van der Waals surface area contributed by atoms with Gasteiger partial charge < -0.3 is 16.2 Å². The SMILES string of the molecule is CC(O)CC(CNC(=O)C1(N)CCCC1)c1ccccc1.Cl. The van der Waals surface area contributed by atoms with E-state index >= 15 is 0 Å². The van der Waals surface area contributed by atoms with E-state index in [2.05, 4.69) is 5.32 Å². The first-order chi connectivity index (χ1) is 10.0. The van der Waals surface area contributed by atoms with Crippen LogP contribution >= 0.6 is 12.4 Å². The number of aliphatic hydroxyl groups excluding tert-OH is 1. The van der Waals surface area contributed by atoms with Crippen LogP contribution in [0.5, 0.6) is 0 Å². The number of carbonyl (C=O) groups excluding carboxylic acids is 1. The predicted molar refractivity (Wildman–Crippen MR) is 91.1 cm³/mol. The summed E-state index contributed by atoms with van der Waals surface area (Å²) in [5.41, 5.74) is 6.61. The molecule has 0 bridgehead atoms. The minimum absolute atomic E-state index is 0. The van der Waals surface area contributed by atoms with E-state index in [0.29, 0.717) is 13.0 Å². The molecule has 0 saturated heterocycles. The average molecular weight is 327 g/mol. The van der Waals surface area contributed by atoms with Crippen LogP contribution in [0.2, 0.25) is 0 Å². The fourth-order valence-corrected chi connectivity index (χ4v) is 3.10. The van der Waals surface area contributed by atoms with Crippen LogP contribution in [0, 0.1) is 0 Å². The Morgan fingerprint density at radius 1 is 1.32 bits per heavy atom. The van der Waals surface area contributed by atoms with Crippen LogP contribution < -0.4 is 11.1 Å². The van der Waals surface area contributed by atoms with Crippen LogP contribution in [0.3, 0.4) is 0 Å². The lowest BCUT2D eigenvalue weighted by atomic mass is 9.92. The van der Waals surface area contributed by atoms with Gasteiger partial charge in [-0.25, -0.2) is 0 Å². The van der Waals surface area contributed by atoms with E-state index in [9.17, 15) is 9.90 Å². The molecule has 2 atom stereocenters. The molecule has 1 aromatic carbocycles. The Morgan fingerprint density at radius 2 is 1.91 bits per heavy atom. The van der Waals surface area contributed by atoms with Crippen molar-refractivity contribution in [3.8, 4) is 0 Å². The van der Waals surface area contributed by atoms with Crippen molar-refractivity contribution < 1.29 is 9.90 Å². The Balaban J connectivity index is 0.00000242. The Kier molecular flexibility index (Phi) is 7.33. The van der Waals surface area contributed by atoms with Crippen LogP contribution in [0.15, 0.2) is 30.3 Å². The standard InChI is InChI=1S/C17H26N2O2.ClH/c1-13(20)11-15(14-7-3-2-4-8-14)12-19-16(21)17(18)9-5-6-10-17;/h2-4,7-8,13,15,20H,5-6,9-12,18H2,1H3,(H,19,21);1H. The molecule has 1 saturated carbocycles. The maximum atomic E-state index is 12.3. The number of carbonyl (C=O) groups is 1. The van der Waals surface area contributed by atoms with Gasteiger partial charge in [0.2, 0.25) is 5.91 Å². The number of nitrogens with two attached hydrogens (primary N) is 1. The molecule has 0 radical (unpaired) electrons. The largest absolute Gasteiger partial charge is 0.393 e. The summed E-state index contributed by atoms with van der Waals surface area (Å²) in [5.74, 6) is 0.0617. The van der Waals surface area contributed by atoms with Crippen molar-refractivity contribution in [2.75, 3.05) is 6.54 Å². The molecule has 0 heterocycles. The summed E-state index contributed by atoms with van der Waals surface area (Å²) in [4.78, 5) is 12.3. The lowest BCUT2D eigenvalue weighted by Crippen LogP contribution is -2.52. The molecule has 0 aliphatic heterocycles. The number of nitrogens with one attached hydrogen (secondary N) is 1. The predicted octanol–water partition coefficient (Wildman–Crippen LogP) is 2.35. The number of hydrogen-bond donors (Lipinski definition) is 3. The van der Waals surface area contributed by atoms with Gasteiger partial charge in [0, 0.05) is 12.5 Å². The lowest BCUT2D eigenvalue weighted by Gasteiger charge is -2.25. The van der Waals surface area contributed by atoms with E-state index in [-0.39, 0.29) is 24.2 Å². The highest BCUT2D eigenvalue weighted by Gasteiger charge is 2.37. The van der Waals surface area contributed by atoms with Gasteiger partial charge >= 0.3 is 0 Å². The third kappa shape index (κ3) is 4.97. The zero-order valence-corrected chi connectivity index (χ0v) is 13.9. The number of amides is 1. The average Bonchev–Trinajstić information content (AvgIpc) is 2.92. The van der Waals surface area contributed by atoms with Gasteiger partial charge in [0.25, 0.3) is 0 Å². The molecule has 1 aliphatic rings. The zero-order chi connectivity index (χ0) is 15.3. The fourth-order valence-electron chi connectivity index (χ4n) is 3.10. The molecule has 4 nitrogen and oxygen atoms in total. The van der Waals surface area contributed by atoms with Crippen LogP contribution in [0.1, 0.15) is 50.5 Å². The highest BCUT2D eigenvalue weighted by molar-refractivity contribution is 5.86. The Hall–Kier alpha value is -1.10. The molecule has 5 heteroatoms. The van der Waals surface area contributed by atoms with E-state index in [1.807, 2.05) is 30.3 Å². The molecular formula is C17H27ClN2O2. The molecule has 2 unspecified atom stereocenters. The van der Waals surface area contributed by atoms with Crippen LogP contribution in [-0.4, -0.2) is 29.2 Å². The van der Waals surface area contributed by atoms with Gasteiger partial charge in [-0.2, -0.15) is 0 Å². The summed E-state index contributed by atoms with van der Waals surface area (Å²) in [6, 6.07) is 10.00. The molecule has 1 amide bonds. The van der Waals surface area contributed by atoms with E-state index in [1.54, 1.807) is 6.92 Å². The molecule has 1 fully saturated rings. The molecular weight excluding hydrogens is 300 g/mol. The third-order valence-electron chi connectivity index (χ3n) is 4.35. The minimum Gasteiger partial charge on any atom is -0.393 e. The van der Waals surface area contributed by atoms with E-state index in [4.69, 9.17) is 5.73 Å². The minimum atomic E-state index is -0.688. The van der Waals surface area contributed by atoms with Crippen molar-refractivity contribution >= 4 is 18.3 Å². The molecule has 1 aromatic rings. The maximum Gasteiger partial charge on any atom is 0.240 e. The van der Waals surface area contributed by atoms with Crippen molar-refractivity contribution in [1.29, 1.82) is 0 Å². The summed E-state index contributed by atoms with van der Waals surface area (Å²) in [5, 5.41) is 12.7. The molecule has 124 valence electrons. The monoisotopic (exact) mass is 326 g/mol. The molecule has 2 rings (SSSR count). The number of hydrogen-bond acceptors (Lipinski definition) is 3. The van der Waals surface area contributed by atoms with Gasteiger partial charge in [0.05, 0.1) is 11.6 Å². The fraction of sp³-hybridized carbons (Fsp3) is 0.588. The third-order valence-corrected chi connectivity index (χ3v) is 4.35. The molecule has 4 N–H and O–H groups in total.